The minimum Gasteiger partial charge on any atom is -0.312 e. The van der Waals surface area contributed by atoms with Crippen molar-refractivity contribution in [3.63, 3.8) is 0 Å². The van der Waals surface area contributed by atoms with Gasteiger partial charge in [-0.3, -0.25) is 0 Å². The Bertz CT molecular complexity index is 607. The highest BCUT2D eigenvalue weighted by Gasteiger charge is 2.40. The lowest BCUT2D eigenvalue weighted by molar-refractivity contribution is 0.339. The summed E-state index contributed by atoms with van der Waals surface area (Å²) >= 11 is 11.9. The molecule has 20 heavy (non-hydrogen) atoms. The van der Waals surface area contributed by atoms with E-state index in [1.165, 1.54) is 16.4 Å². The largest absolute Gasteiger partial charge is 0.312 e. The SMILES string of the molecule is O=S(=O)(c1cc(Cl)ccc1Cl)N1CC2CCCNC2C1. The average Bonchev–Trinajstić information content (AvgIpc) is 2.86. The minimum atomic E-state index is -3.57. The molecule has 2 aliphatic rings. The Labute approximate surface area is 129 Å². The number of benzene rings is 1. The quantitative estimate of drug-likeness (QED) is 0.903. The van der Waals surface area contributed by atoms with E-state index in [0.717, 1.165) is 19.4 Å². The van der Waals surface area contributed by atoms with Crippen LogP contribution >= 0.6 is 23.2 Å². The van der Waals surface area contributed by atoms with Crippen molar-refractivity contribution in [2.45, 2.75) is 23.8 Å². The highest BCUT2D eigenvalue weighted by atomic mass is 35.5. The van der Waals surface area contributed by atoms with Crippen LogP contribution in [0, 0.1) is 5.92 Å². The number of hydrogen-bond donors (Lipinski definition) is 1. The molecule has 0 radical (unpaired) electrons. The zero-order valence-corrected chi connectivity index (χ0v) is 13.2. The molecule has 2 fully saturated rings. The molecule has 1 aromatic carbocycles. The van der Waals surface area contributed by atoms with E-state index in [4.69, 9.17) is 23.2 Å². The number of nitrogens with zero attached hydrogens (tertiary/aromatic N) is 1. The molecule has 2 heterocycles. The van der Waals surface area contributed by atoms with Crippen LogP contribution in [-0.2, 0) is 10.0 Å². The Kier molecular flexibility index (Phi) is 3.99. The lowest BCUT2D eigenvalue weighted by Crippen LogP contribution is -2.41. The lowest BCUT2D eigenvalue weighted by atomic mass is 9.94. The Morgan fingerprint density at radius 3 is 2.80 bits per heavy atom. The lowest BCUT2D eigenvalue weighted by Gasteiger charge is -2.24. The van der Waals surface area contributed by atoms with Crippen LogP contribution in [0.2, 0.25) is 10.0 Å². The molecular formula is C13H16Cl2N2O2S. The summed E-state index contributed by atoms with van der Waals surface area (Å²) in [6.07, 6.45) is 2.18. The molecule has 1 aromatic rings. The maximum Gasteiger partial charge on any atom is 0.244 e. The smallest absolute Gasteiger partial charge is 0.244 e. The summed E-state index contributed by atoms with van der Waals surface area (Å²) in [4.78, 5) is 0.102. The van der Waals surface area contributed by atoms with E-state index in [2.05, 4.69) is 5.32 Å². The van der Waals surface area contributed by atoms with Crippen LogP contribution in [0.4, 0.5) is 0 Å². The van der Waals surface area contributed by atoms with E-state index in [0.29, 0.717) is 24.0 Å². The summed E-state index contributed by atoms with van der Waals surface area (Å²) in [6.45, 7) is 2.03. The van der Waals surface area contributed by atoms with Crippen LogP contribution in [0.25, 0.3) is 0 Å². The van der Waals surface area contributed by atoms with Crippen molar-refractivity contribution in [3.8, 4) is 0 Å². The fourth-order valence-corrected chi connectivity index (χ4v) is 5.28. The van der Waals surface area contributed by atoms with Gasteiger partial charge in [0.15, 0.2) is 0 Å². The molecule has 2 unspecified atom stereocenters. The van der Waals surface area contributed by atoms with Crippen molar-refractivity contribution in [2.75, 3.05) is 19.6 Å². The van der Waals surface area contributed by atoms with Crippen molar-refractivity contribution in [1.82, 2.24) is 9.62 Å². The second-order valence-corrected chi connectivity index (χ2v) is 8.11. The van der Waals surface area contributed by atoms with E-state index in [-0.39, 0.29) is 16.0 Å². The molecule has 2 aliphatic heterocycles. The van der Waals surface area contributed by atoms with Gasteiger partial charge in [-0.15, -0.1) is 0 Å². The topological polar surface area (TPSA) is 49.4 Å². The molecule has 3 rings (SSSR count). The summed E-state index contributed by atoms with van der Waals surface area (Å²) in [5.74, 6) is 0.400. The molecular weight excluding hydrogens is 319 g/mol. The second kappa shape index (κ2) is 5.46. The van der Waals surface area contributed by atoms with Gasteiger partial charge in [-0.2, -0.15) is 4.31 Å². The van der Waals surface area contributed by atoms with Gasteiger partial charge in [0.05, 0.1) is 5.02 Å². The van der Waals surface area contributed by atoms with Crippen LogP contribution in [0.5, 0.6) is 0 Å². The minimum absolute atomic E-state index is 0.102. The number of hydrogen-bond acceptors (Lipinski definition) is 3. The monoisotopic (exact) mass is 334 g/mol. The third kappa shape index (κ3) is 2.57. The van der Waals surface area contributed by atoms with Crippen LogP contribution in [0.3, 0.4) is 0 Å². The van der Waals surface area contributed by atoms with Crippen molar-refractivity contribution >= 4 is 33.2 Å². The Morgan fingerprint density at radius 2 is 2.05 bits per heavy atom. The number of sulfonamides is 1. The molecule has 0 bridgehead atoms. The molecule has 0 saturated carbocycles. The predicted octanol–water partition coefficient (Wildman–Crippen LogP) is 2.37. The highest BCUT2D eigenvalue weighted by Crippen LogP contribution is 2.33. The first-order valence-corrected chi connectivity index (χ1v) is 8.86. The molecule has 0 amide bonds. The summed E-state index contributed by atoms with van der Waals surface area (Å²) in [7, 11) is -3.57. The van der Waals surface area contributed by atoms with Gasteiger partial charge in [0.1, 0.15) is 4.90 Å². The van der Waals surface area contributed by atoms with Crippen molar-refractivity contribution in [2.24, 2.45) is 5.92 Å². The van der Waals surface area contributed by atoms with Crippen LogP contribution < -0.4 is 5.32 Å². The molecule has 0 aromatic heterocycles. The molecule has 0 aliphatic carbocycles. The molecule has 1 N–H and O–H groups in total. The van der Waals surface area contributed by atoms with Gasteiger partial charge in [-0.25, -0.2) is 8.42 Å². The fraction of sp³-hybridized carbons (Fsp3) is 0.538. The van der Waals surface area contributed by atoms with Crippen molar-refractivity contribution in [3.05, 3.63) is 28.2 Å². The molecule has 2 atom stereocenters. The number of piperidine rings is 1. The summed E-state index contributed by atoms with van der Waals surface area (Å²) in [5, 5.41) is 3.99. The normalized spacial score (nSPS) is 27.5. The van der Waals surface area contributed by atoms with Crippen LogP contribution in [0.15, 0.2) is 23.1 Å². The molecule has 2 saturated heterocycles. The van der Waals surface area contributed by atoms with Gasteiger partial charge >= 0.3 is 0 Å². The Morgan fingerprint density at radius 1 is 1.25 bits per heavy atom. The Balaban J connectivity index is 1.91. The first kappa shape index (κ1) is 14.6. The Hall–Kier alpha value is -0.330. The van der Waals surface area contributed by atoms with Crippen LogP contribution in [0.1, 0.15) is 12.8 Å². The highest BCUT2D eigenvalue weighted by molar-refractivity contribution is 7.89. The number of nitrogens with one attached hydrogen (secondary N) is 1. The maximum atomic E-state index is 12.7. The van der Waals surface area contributed by atoms with Gasteiger partial charge in [0.25, 0.3) is 0 Å². The zero-order valence-electron chi connectivity index (χ0n) is 10.9. The van der Waals surface area contributed by atoms with Crippen molar-refractivity contribution < 1.29 is 8.42 Å². The summed E-state index contributed by atoms with van der Waals surface area (Å²) < 4.78 is 26.9. The van der Waals surface area contributed by atoms with Gasteiger partial charge in [0, 0.05) is 24.2 Å². The van der Waals surface area contributed by atoms with Gasteiger partial charge in [0.2, 0.25) is 10.0 Å². The van der Waals surface area contributed by atoms with Gasteiger partial charge in [-0.1, -0.05) is 23.2 Å². The first-order chi connectivity index (χ1) is 9.48. The predicted molar refractivity (Wildman–Crippen MR) is 79.7 cm³/mol. The third-order valence-corrected chi connectivity index (χ3v) is 6.63. The zero-order chi connectivity index (χ0) is 14.3. The van der Waals surface area contributed by atoms with Crippen molar-refractivity contribution in [1.29, 1.82) is 0 Å². The maximum absolute atomic E-state index is 12.7. The molecule has 0 spiro atoms. The first-order valence-electron chi connectivity index (χ1n) is 6.67. The van der Waals surface area contributed by atoms with E-state index in [9.17, 15) is 8.42 Å². The average molecular weight is 335 g/mol. The third-order valence-electron chi connectivity index (χ3n) is 4.08. The molecule has 7 heteroatoms. The standard InChI is InChI=1S/C13H16Cl2N2O2S/c14-10-3-4-11(15)13(6-10)20(18,19)17-7-9-2-1-5-16-12(9)8-17/h3-4,6,9,12,16H,1-2,5,7-8H2. The number of rotatable bonds is 2. The van der Waals surface area contributed by atoms with E-state index in [1.54, 1.807) is 6.07 Å². The molecule has 110 valence electrons. The van der Waals surface area contributed by atoms with E-state index >= 15 is 0 Å². The molecule has 4 nitrogen and oxygen atoms in total. The second-order valence-electron chi connectivity index (χ2n) is 5.36. The van der Waals surface area contributed by atoms with E-state index < -0.39 is 10.0 Å². The number of fused-ring (bicyclic) bond motifs is 1. The van der Waals surface area contributed by atoms with Gasteiger partial charge < -0.3 is 5.32 Å². The van der Waals surface area contributed by atoms with E-state index in [1.807, 2.05) is 0 Å². The van der Waals surface area contributed by atoms with Gasteiger partial charge in [-0.05, 0) is 43.5 Å². The number of halogens is 2. The fourth-order valence-electron chi connectivity index (χ4n) is 3.02. The summed E-state index contributed by atoms with van der Waals surface area (Å²) in [6, 6.07) is 4.80. The van der Waals surface area contributed by atoms with Crippen LogP contribution in [-0.4, -0.2) is 38.4 Å². The summed E-state index contributed by atoms with van der Waals surface area (Å²) in [5.41, 5.74) is 0.